The van der Waals surface area contributed by atoms with E-state index in [1.165, 1.54) is 0 Å². The molecular formula is C13H24N2O. The first-order valence-corrected chi connectivity index (χ1v) is 6.21. The highest BCUT2D eigenvalue weighted by Gasteiger charge is 2.23. The summed E-state index contributed by atoms with van der Waals surface area (Å²) < 4.78 is 2.00. The molecule has 1 N–H and O–H groups in total. The lowest BCUT2D eigenvalue weighted by Crippen LogP contribution is -2.11. The van der Waals surface area contributed by atoms with E-state index in [9.17, 15) is 5.11 Å². The van der Waals surface area contributed by atoms with Gasteiger partial charge < -0.3 is 5.11 Å². The Hall–Kier alpha value is -0.990. The average Bonchev–Trinajstić information content (AvgIpc) is 2.54. The van der Waals surface area contributed by atoms with Crippen LogP contribution in [0.2, 0.25) is 0 Å². The van der Waals surface area contributed by atoms with Gasteiger partial charge in [-0.2, -0.15) is 5.10 Å². The largest absolute Gasteiger partial charge is 0.504 e. The highest BCUT2D eigenvalue weighted by Crippen LogP contribution is 2.35. The summed E-state index contributed by atoms with van der Waals surface area (Å²) in [5.74, 6) is 0.960. The van der Waals surface area contributed by atoms with Gasteiger partial charge in [-0.25, -0.2) is 0 Å². The topological polar surface area (TPSA) is 38.0 Å². The van der Waals surface area contributed by atoms with Gasteiger partial charge in [0, 0.05) is 12.0 Å². The summed E-state index contributed by atoms with van der Waals surface area (Å²) in [6.45, 7) is 12.6. The van der Waals surface area contributed by atoms with Crippen molar-refractivity contribution in [2.45, 2.75) is 65.8 Å². The third-order valence-electron chi connectivity index (χ3n) is 3.05. The van der Waals surface area contributed by atoms with Gasteiger partial charge in [-0.05, 0) is 19.3 Å². The zero-order valence-electron chi connectivity index (χ0n) is 11.3. The maximum absolute atomic E-state index is 10.2. The van der Waals surface area contributed by atoms with E-state index >= 15 is 0 Å². The van der Waals surface area contributed by atoms with Crippen LogP contribution >= 0.6 is 0 Å². The zero-order chi connectivity index (χ0) is 12.5. The van der Waals surface area contributed by atoms with E-state index in [4.69, 9.17) is 0 Å². The van der Waals surface area contributed by atoms with Crippen molar-refractivity contribution in [3.8, 4) is 5.75 Å². The average molecular weight is 224 g/mol. The number of aromatic hydroxyl groups is 1. The number of hydrogen-bond acceptors (Lipinski definition) is 2. The Balaban J connectivity index is 3.31. The van der Waals surface area contributed by atoms with Crippen molar-refractivity contribution in [1.29, 1.82) is 0 Å². The van der Waals surface area contributed by atoms with Crippen LogP contribution < -0.4 is 0 Å². The van der Waals surface area contributed by atoms with Crippen LogP contribution in [0.1, 0.15) is 77.2 Å². The smallest absolute Gasteiger partial charge is 0.160 e. The minimum Gasteiger partial charge on any atom is -0.504 e. The molecule has 1 heterocycles. The molecule has 0 fully saturated rings. The van der Waals surface area contributed by atoms with Crippen LogP contribution in [0, 0.1) is 0 Å². The highest BCUT2D eigenvalue weighted by atomic mass is 16.3. The fourth-order valence-electron chi connectivity index (χ4n) is 1.89. The van der Waals surface area contributed by atoms with Crippen molar-refractivity contribution in [3.05, 3.63) is 11.4 Å². The minimum atomic E-state index is 0.266. The van der Waals surface area contributed by atoms with E-state index in [2.05, 4.69) is 46.6 Å². The summed E-state index contributed by atoms with van der Waals surface area (Å²) in [4.78, 5) is 0. The molecule has 0 amide bonds. The van der Waals surface area contributed by atoms with Crippen molar-refractivity contribution >= 4 is 0 Å². The van der Waals surface area contributed by atoms with Crippen LogP contribution in [0.3, 0.4) is 0 Å². The predicted octanol–water partition coefficient (Wildman–Crippen LogP) is 3.81. The molecule has 0 saturated heterocycles. The van der Waals surface area contributed by atoms with Gasteiger partial charge in [0.1, 0.15) is 5.69 Å². The molecule has 1 rings (SSSR count). The molecule has 92 valence electrons. The molecule has 1 aromatic heterocycles. The molecule has 3 nitrogen and oxygen atoms in total. The second kappa shape index (κ2) is 4.89. The van der Waals surface area contributed by atoms with E-state index in [0.717, 1.165) is 17.8 Å². The van der Waals surface area contributed by atoms with Crippen LogP contribution in [0.15, 0.2) is 0 Å². The van der Waals surface area contributed by atoms with Crippen molar-refractivity contribution in [3.63, 3.8) is 0 Å². The molecule has 0 aliphatic heterocycles. The molecule has 0 aliphatic carbocycles. The third-order valence-corrected chi connectivity index (χ3v) is 3.05. The standard InChI is InChI=1S/C13H24N2O/c1-7-10(6)15-12(9(4)5)13(16)11(14-15)8(2)3/h8-10,16H,7H2,1-6H3. The fraction of sp³-hybridized carbons (Fsp3) is 0.769. The molecular weight excluding hydrogens is 200 g/mol. The third kappa shape index (κ3) is 2.23. The van der Waals surface area contributed by atoms with Gasteiger partial charge >= 0.3 is 0 Å². The van der Waals surface area contributed by atoms with Crippen molar-refractivity contribution in [2.75, 3.05) is 0 Å². The predicted molar refractivity (Wildman–Crippen MR) is 67.1 cm³/mol. The molecule has 1 atom stereocenters. The number of aromatic nitrogens is 2. The van der Waals surface area contributed by atoms with Crippen LogP contribution in [0.4, 0.5) is 0 Å². The van der Waals surface area contributed by atoms with E-state index in [0.29, 0.717) is 17.7 Å². The summed E-state index contributed by atoms with van der Waals surface area (Å²) in [6.07, 6.45) is 1.03. The Morgan fingerprint density at radius 3 is 2.06 bits per heavy atom. The molecule has 0 aromatic carbocycles. The minimum absolute atomic E-state index is 0.266. The van der Waals surface area contributed by atoms with Gasteiger partial charge in [0.15, 0.2) is 5.75 Å². The second-order valence-electron chi connectivity index (χ2n) is 5.13. The van der Waals surface area contributed by atoms with Crippen molar-refractivity contribution in [1.82, 2.24) is 9.78 Å². The SMILES string of the molecule is CCC(C)n1nc(C(C)C)c(O)c1C(C)C. The number of rotatable bonds is 4. The molecule has 0 aliphatic rings. The first-order chi connectivity index (χ1) is 7.40. The van der Waals surface area contributed by atoms with Gasteiger partial charge in [-0.3, -0.25) is 4.68 Å². The lowest BCUT2D eigenvalue weighted by atomic mass is 10.0. The Morgan fingerprint density at radius 1 is 1.12 bits per heavy atom. The normalized spacial score (nSPS) is 13.8. The summed E-state index contributed by atoms with van der Waals surface area (Å²) in [5.41, 5.74) is 1.79. The molecule has 16 heavy (non-hydrogen) atoms. The second-order valence-corrected chi connectivity index (χ2v) is 5.13. The number of hydrogen-bond donors (Lipinski definition) is 1. The molecule has 0 bridgehead atoms. The van der Waals surface area contributed by atoms with Crippen molar-refractivity contribution < 1.29 is 5.11 Å². The van der Waals surface area contributed by atoms with E-state index < -0.39 is 0 Å². The summed E-state index contributed by atoms with van der Waals surface area (Å²) in [6, 6.07) is 0.343. The Bertz CT molecular complexity index is 353. The summed E-state index contributed by atoms with van der Waals surface area (Å²) >= 11 is 0. The number of nitrogens with zero attached hydrogens (tertiary/aromatic N) is 2. The highest BCUT2D eigenvalue weighted by molar-refractivity contribution is 5.36. The molecule has 0 radical (unpaired) electrons. The van der Waals surface area contributed by atoms with Crippen LogP contribution in [0.5, 0.6) is 5.75 Å². The van der Waals surface area contributed by atoms with Crippen molar-refractivity contribution in [2.24, 2.45) is 0 Å². The fourth-order valence-corrected chi connectivity index (χ4v) is 1.89. The van der Waals surface area contributed by atoms with Gasteiger partial charge in [0.2, 0.25) is 0 Å². The molecule has 3 heteroatoms. The summed E-state index contributed by atoms with van der Waals surface area (Å²) in [7, 11) is 0. The van der Waals surface area contributed by atoms with E-state index in [-0.39, 0.29) is 5.92 Å². The van der Waals surface area contributed by atoms with Gasteiger partial charge in [-0.1, -0.05) is 34.6 Å². The Labute approximate surface area is 98.5 Å². The van der Waals surface area contributed by atoms with Crippen LogP contribution in [-0.2, 0) is 0 Å². The summed E-state index contributed by atoms with van der Waals surface area (Å²) in [5, 5.41) is 14.8. The Morgan fingerprint density at radius 2 is 1.69 bits per heavy atom. The monoisotopic (exact) mass is 224 g/mol. The van der Waals surface area contributed by atoms with Gasteiger partial charge in [0.05, 0.1) is 5.69 Å². The maximum atomic E-state index is 10.2. The van der Waals surface area contributed by atoms with Gasteiger partial charge in [0.25, 0.3) is 0 Å². The lowest BCUT2D eigenvalue weighted by molar-refractivity contribution is 0.428. The molecule has 1 unspecified atom stereocenters. The van der Waals surface area contributed by atoms with E-state index in [1.54, 1.807) is 0 Å². The van der Waals surface area contributed by atoms with Gasteiger partial charge in [-0.15, -0.1) is 0 Å². The maximum Gasteiger partial charge on any atom is 0.160 e. The lowest BCUT2D eigenvalue weighted by Gasteiger charge is -2.15. The first-order valence-electron chi connectivity index (χ1n) is 6.21. The Kier molecular flexibility index (Phi) is 4.00. The molecule has 0 spiro atoms. The first kappa shape index (κ1) is 13.1. The quantitative estimate of drug-likeness (QED) is 0.844. The van der Waals surface area contributed by atoms with Crippen LogP contribution in [-0.4, -0.2) is 14.9 Å². The van der Waals surface area contributed by atoms with E-state index in [1.807, 2.05) is 4.68 Å². The zero-order valence-corrected chi connectivity index (χ0v) is 11.3. The van der Waals surface area contributed by atoms with Crippen LogP contribution in [0.25, 0.3) is 0 Å². The molecule has 1 aromatic rings. The molecule has 0 saturated carbocycles.